The molecule has 3 heterocycles. The minimum absolute atomic E-state index is 0.144. The number of thiazole rings is 1. The maximum absolute atomic E-state index is 13.6. The second-order valence-corrected chi connectivity index (χ2v) is 10.1. The summed E-state index contributed by atoms with van der Waals surface area (Å²) in [6.45, 7) is 11.9. The molecule has 0 radical (unpaired) electrons. The highest BCUT2D eigenvalue weighted by Crippen LogP contribution is 2.40. The van der Waals surface area contributed by atoms with Crippen LogP contribution in [0.5, 0.6) is 0 Å². The summed E-state index contributed by atoms with van der Waals surface area (Å²) in [6, 6.07) is 7.36. The smallest absolute Gasteiger partial charge is 0.290 e. The Balaban J connectivity index is 1.70. The van der Waals surface area contributed by atoms with E-state index in [-0.39, 0.29) is 11.4 Å². The highest BCUT2D eigenvalue weighted by Gasteiger charge is 2.44. The monoisotopic (exact) mass is 469 g/mol. The van der Waals surface area contributed by atoms with Gasteiger partial charge in [-0.2, -0.15) is 0 Å². The number of ether oxygens (including phenoxy) is 1. The molecule has 0 saturated carbocycles. The summed E-state index contributed by atoms with van der Waals surface area (Å²) >= 11 is 1.30. The fourth-order valence-electron chi connectivity index (χ4n) is 4.46. The van der Waals surface area contributed by atoms with Crippen LogP contribution < -0.4 is 0 Å². The molecular formula is C25H31N3O4S. The number of morpholine rings is 1. The van der Waals surface area contributed by atoms with E-state index in [0.717, 1.165) is 23.7 Å². The van der Waals surface area contributed by atoms with E-state index in [9.17, 15) is 14.7 Å². The van der Waals surface area contributed by atoms with Crippen molar-refractivity contribution in [1.82, 2.24) is 14.8 Å². The van der Waals surface area contributed by atoms with Crippen LogP contribution in [0.4, 0.5) is 0 Å². The average molecular weight is 470 g/mol. The molecule has 1 aromatic heterocycles. The third-order valence-corrected chi connectivity index (χ3v) is 7.41. The van der Waals surface area contributed by atoms with E-state index in [0.29, 0.717) is 42.8 Å². The number of ketones is 1. The lowest BCUT2D eigenvalue weighted by molar-refractivity contribution is -0.129. The Labute approximate surface area is 198 Å². The number of hydrogen-bond acceptors (Lipinski definition) is 7. The van der Waals surface area contributed by atoms with Crippen molar-refractivity contribution < 1.29 is 19.4 Å². The van der Waals surface area contributed by atoms with Gasteiger partial charge in [-0.1, -0.05) is 38.1 Å². The molecule has 2 aliphatic rings. The number of amides is 1. The summed E-state index contributed by atoms with van der Waals surface area (Å²) in [5.74, 6) is -0.904. The van der Waals surface area contributed by atoms with Crippen molar-refractivity contribution in [2.24, 2.45) is 0 Å². The molecule has 2 aliphatic heterocycles. The van der Waals surface area contributed by atoms with Gasteiger partial charge < -0.3 is 14.7 Å². The van der Waals surface area contributed by atoms with E-state index in [4.69, 9.17) is 4.74 Å². The van der Waals surface area contributed by atoms with Crippen LogP contribution in [-0.4, -0.2) is 71.0 Å². The number of aliphatic hydroxyl groups is 1. The highest BCUT2D eigenvalue weighted by molar-refractivity contribution is 7.14. The number of carbonyl (C=O) groups excluding carboxylic acids is 2. The van der Waals surface area contributed by atoms with E-state index in [1.807, 2.05) is 31.2 Å². The number of nitrogens with zero attached hydrogens (tertiary/aromatic N) is 3. The predicted molar refractivity (Wildman–Crippen MR) is 128 cm³/mol. The van der Waals surface area contributed by atoms with Crippen LogP contribution in [0.15, 0.2) is 35.6 Å². The summed E-state index contributed by atoms with van der Waals surface area (Å²) < 4.78 is 5.42. The van der Waals surface area contributed by atoms with Crippen molar-refractivity contribution in [3.8, 4) is 0 Å². The lowest BCUT2D eigenvalue weighted by atomic mass is 9.93. The number of benzene rings is 1. The molecule has 0 bridgehead atoms. The number of aromatic nitrogens is 1. The van der Waals surface area contributed by atoms with Crippen molar-refractivity contribution in [3.63, 3.8) is 0 Å². The minimum Gasteiger partial charge on any atom is -0.503 e. The SMILES string of the molecule is Cc1nc(C)c(C(=O)C2=C(O)C(=O)N(CCN3CCOCC3)[C@@H]2c2ccc(C(C)C)cc2)s1. The predicted octanol–water partition coefficient (Wildman–Crippen LogP) is 3.79. The van der Waals surface area contributed by atoms with E-state index in [1.165, 1.54) is 16.9 Å². The third kappa shape index (κ3) is 4.74. The molecular weight excluding hydrogens is 438 g/mol. The first-order valence-electron chi connectivity index (χ1n) is 11.4. The molecule has 1 saturated heterocycles. The maximum Gasteiger partial charge on any atom is 0.290 e. The second kappa shape index (κ2) is 9.75. The molecule has 0 spiro atoms. The molecule has 0 unspecified atom stereocenters. The summed E-state index contributed by atoms with van der Waals surface area (Å²) in [5, 5.41) is 11.7. The number of aliphatic hydroxyl groups excluding tert-OH is 1. The van der Waals surface area contributed by atoms with Crippen LogP contribution in [-0.2, 0) is 9.53 Å². The quantitative estimate of drug-likeness (QED) is 0.621. The van der Waals surface area contributed by atoms with E-state index in [1.54, 1.807) is 11.8 Å². The van der Waals surface area contributed by atoms with Gasteiger partial charge in [0.05, 0.1) is 40.4 Å². The van der Waals surface area contributed by atoms with Crippen molar-refractivity contribution in [2.45, 2.75) is 39.7 Å². The van der Waals surface area contributed by atoms with Crippen LogP contribution in [0, 0.1) is 13.8 Å². The number of rotatable bonds is 7. The first-order valence-corrected chi connectivity index (χ1v) is 12.2. The first kappa shape index (κ1) is 23.6. The second-order valence-electron chi connectivity index (χ2n) is 8.92. The van der Waals surface area contributed by atoms with Gasteiger partial charge in [0.2, 0.25) is 5.78 Å². The van der Waals surface area contributed by atoms with Gasteiger partial charge in [0.1, 0.15) is 0 Å². The Kier molecular flexibility index (Phi) is 6.97. The summed E-state index contributed by atoms with van der Waals surface area (Å²) in [5.41, 5.74) is 2.76. The number of carbonyl (C=O) groups is 2. The van der Waals surface area contributed by atoms with Gasteiger partial charge in [-0.05, 0) is 30.9 Å². The summed E-state index contributed by atoms with van der Waals surface area (Å²) in [6.07, 6.45) is 0. The zero-order valence-electron chi connectivity index (χ0n) is 19.6. The largest absolute Gasteiger partial charge is 0.503 e. The zero-order valence-corrected chi connectivity index (χ0v) is 20.4. The first-order chi connectivity index (χ1) is 15.8. The standard InChI is InChI=1S/C25H31N3O4S/c1-15(2)18-5-7-19(8-6-18)21-20(22(29)24-16(3)26-17(4)33-24)23(30)25(31)28(21)10-9-27-11-13-32-14-12-27/h5-8,15,21,30H,9-14H2,1-4H3/t21-/m1/s1. The van der Waals surface area contributed by atoms with Gasteiger partial charge in [0.15, 0.2) is 5.76 Å². The topological polar surface area (TPSA) is 83.0 Å². The van der Waals surface area contributed by atoms with E-state index in [2.05, 4.69) is 23.7 Å². The molecule has 1 amide bonds. The molecule has 1 atom stereocenters. The number of Topliss-reactive ketones (excluding diaryl/α,β-unsaturated/α-hetero) is 1. The van der Waals surface area contributed by atoms with Crippen LogP contribution >= 0.6 is 11.3 Å². The van der Waals surface area contributed by atoms with Gasteiger partial charge >= 0.3 is 0 Å². The Morgan fingerprint density at radius 1 is 1.18 bits per heavy atom. The molecule has 0 aliphatic carbocycles. The Morgan fingerprint density at radius 2 is 1.85 bits per heavy atom. The minimum atomic E-state index is -0.631. The summed E-state index contributed by atoms with van der Waals surface area (Å²) in [7, 11) is 0. The fraction of sp³-hybridized carbons (Fsp3) is 0.480. The molecule has 2 aromatic rings. The van der Waals surface area contributed by atoms with Crippen molar-refractivity contribution in [3.05, 3.63) is 62.3 Å². The number of hydrogen-bond donors (Lipinski definition) is 1. The average Bonchev–Trinajstić information content (AvgIpc) is 3.28. The molecule has 176 valence electrons. The van der Waals surface area contributed by atoms with E-state index >= 15 is 0 Å². The van der Waals surface area contributed by atoms with Crippen LogP contribution in [0.2, 0.25) is 0 Å². The molecule has 1 N–H and O–H groups in total. The van der Waals surface area contributed by atoms with Crippen LogP contribution in [0.3, 0.4) is 0 Å². The maximum atomic E-state index is 13.6. The molecule has 33 heavy (non-hydrogen) atoms. The van der Waals surface area contributed by atoms with Gasteiger partial charge in [-0.15, -0.1) is 11.3 Å². The fourth-order valence-corrected chi connectivity index (χ4v) is 5.34. The third-order valence-electron chi connectivity index (χ3n) is 6.34. The lowest BCUT2D eigenvalue weighted by Gasteiger charge is -2.31. The summed E-state index contributed by atoms with van der Waals surface area (Å²) in [4.78, 5) is 35.5. The van der Waals surface area contributed by atoms with Crippen molar-refractivity contribution in [1.29, 1.82) is 0 Å². The Bertz CT molecular complexity index is 1070. The number of aryl methyl sites for hydroxylation is 2. The van der Waals surface area contributed by atoms with Gasteiger partial charge in [-0.25, -0.2) is 4.98 Å². The van der Waals surface area contributed by atoms with Crippen molar-refractivity contribution in [2.75, 3.05) is 39.4 Å². The van der Waals surface area contributed by atoms with Crippen LogP contribution in [0.25, 0.3) is 0 Å². The van der Waals surface area contributed by atoms with Gasteiger partial charge in [0, 0.05) is 26.2 Å². The molecule has 7 nitrogen and oxygen atoms in total. The Morgan fingerprint density at radius 3 is 2.42 bits per heavy atom. The Hall–Kier alpha value is -2.55. The molecule has 4 rings (SSSR count). The highest BCUT2D eigenvalue weighted by atomic mass is 32.1. The van der Waals surface area contributed by atoms with Gasteiger partial charge in [0.25, 0.3) is 5.91 Å². The normalized spacial score (nSPS) is 19.7. The van der Waals surface area contributed by atoms with Crippen LogP contribution in [0.1, 0.15) is 57.3 Å². The lowest BCUT2D eigenvalue weighted by Crippen LogP contribution is -2.43. The van der Waals surface area contributed by atoms with E-state index < -0.39 is 17.7 Å². The zero-order chi connectivity index (χ0) is 23.7. The van der Waals surface area contributed by atoms with Gasteiger partial charge in [-0.3, -0.25) is 14.5 Å². The molecule has 1 fully saturated rings. The van der Waals surface area contributed by atoms with Crippen molar-refractivity contribution >= 4 is 23.0 Å². The molecule has 8 heteroatoms. The molecule has 1 aromatic carbocycles.